The van der Waals surface area contributed by atoms with Gasteiger partial charge in [0.2, 0.25) is 0 Å². The first kappa shape index (κ1) is 15.3. The molecular weight excluding hydrogens is 250 g/mol. The lowest BCUT2D eigenvalue weighted by molar-refractivity contribution is -0.0630. The number of hydrogen-bond donors (Lipinski definition) is 1. The summed E-state index contributed by atoms with van der Waals surface area (Å²) in [6, 6.07) is 8.79. The summed E-state index contributed by atoms with van der Waals surface area (Å²) in [6.07, 6.45) is 2.34. The number of para-hydroxylation sites is 1. The van der Waals surface area contributed by atoms with E-state index in [1.807, 2.05) is 12.1 Å². The maximum absolute atomic E-state index is 5.86. The first-order valence-electron chi connectivity index (χ1n) is 7.58. The summed E-state index contributed by atoms with van der Waals surface area (Å²) in [4.78, 5) is 0. The van der Waals surface area contributed by atoms with Gasteiger partial charge in [0.05, 0.1) is 11.7 Å². The van der Waals surface area contributed by atoms with Gasteiger partial charge in [0.15, 0.2) is 0 Å². The molecule has 0 spiro atoms. The Kier molecular flexibility index (Phi) is 5.06. The molecule has 0 amide bonds. The van der Waals surface area contributed by atoms with Crippen LogP contribution in [0.4, 0.5) is 0 Å². The van der Waals surface area contributed by atoms with Gasteiger partial charge >= 0.3 is 0 Å². The molecule has 1 aromatic rings. The van der Waals surface area contributed by atoms with Crippen molar-refractivity contribution in [3.05, 3.63) is 29.8 Å². The largest absolute Gasteiger partial charge is 0.491 e. The molecule has 1 saturated heterocycles. The standard InChI is InChI=1S/C17H27NO2/c1-13(2)20-16-8-6-5-7-14(16)12-18-15-9-10-19-17(3,4)11-15/h5-8,13,15,18H,9-12H2,1-4H3. The predicted molar refractivity (Wildman–Crippen MR) is 82.1 cm³/mol. The van der Waals surface area contributed by atoms with Crippen molar-refractivity contribution in [2.24, 2.45) is 0 Å². The van der Waals surface area contributed by atoms with Crippen LogP contribution in [0.3, 0.4) is 0 Å². The van der Waals surface area contributed by atoms with Crippen molar-refractivity contribution in [3.63, 3.8) is 0 Å². The minimum Gasteiger partial charge on any atom is -0.491 e. The molecule has 112 valence electrons. The summed E-state index contributed by atoms with van der Waals surface area (Å²) in [5.41, 5.74) is 1.22. The van der Waals surface area contributed by atoms with Crippen LogP contribution in [0.2, 0.25) is 0 Å². The van der Waals surface area contributed by atoms with Crippen molar-refractivity contribution in [2.75, 3.05) is 6.61 Å². The molecule has 1 N–H and O–H groups in total. The molecule has 1 heterocycles. The second-order valence-corrected chi connectivity index (χ2v) is 6.45. The molecule has 2 rings (SSSR count). The number of ether oxygens (including phenoxy) is 2. The third kappa shape index (κ3) is 4.50. The van der Waals surface area contributed by atoms with Crippen LogP contribution in [0.25, 0.3) is 0 Å². The SMILES string of the molecule is CC(C)Oc1ccccc1CNC1CCOC(C)(C)C1. The van der Waals surface area contributed by atoms with Gasteiger partial charge in [0.25, 0.3) is 0 Å². The molecule has 0 radical (unpaired) electrons. The van der Waals surface area contributed by atoms with Gasteiger partial charge in [-0.05, 0) is 46.6 Å². The van der Waals surface area contributed by atoms with Crippen LogP contribution in [0, 0.1) is 0 Å². The minimum absolute atomic E-state index is 0.0101. The van der Waals surface area contributed by atoms with E-state index in [4.69, 9.17) is 9.47 Å². The van der Waals surface area contributed by atoms with Crippen LogP contribution in [0.5, 0.6) is 5.75 Å². The maximum atomic E-state index is 5.86. The Hall–Kier alpha value is -1.06. The van der Waals surface area contributed by atoms with Crippen molar-refractivity contribution in [1.29, 1.82) is 0 Å². The second-order valence-electron chi connectivity index (χ2n) is 6.45. The number of benzene rings is 1. The van der Waals surface area contributed by atoms with Gasteiger partial charge in [0.1, 0.15) is 5.75 Å². The maximum Gasteiger partial charge on any atom is 0.124 e. The van der Waals surface area contributed by atoms with Crippen LogP contribution in [0.1, 0.15) is 46.1 Å². The molecule has 0 saturated carbocycles. The Morgan fingerprint density at radius 3 is 2.80 bits per heavy atom. The fraction of sp³-hybridized carbons (Fsp3) is 0.647. The van der Waals surface area contributed by atoms with Crippen molar-refractivity contribution in [3.8, 4) is 5.75 Å². The van der Waals surface area contributed by atoms with Crippen LogP contribution >= 0.6 is 0 Å². The topological polar surface area (TPSA) is 30.5 Å². The molecule has 0 aliphatic carbocycles. The lowest BCUT2D eigenvalue weighted by Gasteiger charge is -2.36. The zero-order valence-corrected chi connectivity index (χ0v) is 13.1. The highest BCUT2D eigenvalue weighted by Gasteiger charge is 2.28. The van der Waals surface area contributed by atoms with Crippen molar-refractivity contribution < 1.29 is 9.47 Å². The normalized spacial score (nSPS) is 21.9. The third-order valence-electron chi connectivity index (χ3n) is 3.61. The summed E-state index contributed by atoms with van der Waals surface area (Å²) >= 11 is 0. The van der Waals surface area contributed by atoms with E-state index in [9.17, 15) is 0 Å². The zero-order valence-electron chi connectivity index (χ0n) is 13.1. The Balaban J connectivity index is 1.93. The molecular formula is C17H27NO2. The predicted octanol–water partition coefficient (Wildman–Crippen LogP) is 3.52. The van der Waals surface area contributed by atoms with E-state index >= 15 is 0 Å². The van der Waals surface area contributed by atoms with Gasteiger partial charge in [-0.2, -0.15) is 0 Å². The molecule has 1 aliphatic heterocycles. The highest BCUT2D eigenvalue weighted by molar-refractivity contribution is 5.33. The fourth-order valence-electron chi connectivity index (χ4n) is 2.68. The third-order valence-corrected chi connectivity index (χ3v) is 3.61. The van der Waals surface area contributed by atoms with Crippen molar-refractivity contribution in [2.45, 2.75) is 64.8 Å². The summed E-state index contributed by atoms with van der Waals surface area (Å²) in [5, 5.41) is 3.65. The van der Waals surface area contributed by atoms with Gasteiger partial charge in [-0.1, -0.05) is 18.2 Å². The summed E-state index contributed by atoms with van der Waals surface area (Å²) < 4.78 is 11.6. The van der Waals surface area contributed by atoms with Gasteiger partial charge in [-0.15, -0.1) is 0 Å². The Morgan fingerprint density at radius 1 is 1.35 bits per heavy atom. The van der Waals surface area contributed by atoms with Crippen LogP contribution < -0.4 is 10.1 Å². The molecule has 3 nitrogen and oxygen atoms in total. The van der Waals surface area contributed by atoms with Gasteiger partial charge in [-0.3, -0.25) is 0 Å². The zero-order chi connectivity index (χ0) is 14.6. The van der Waals surface area contributed by atoms with E-state index < -0.39 is 0 Å². The molecule has 0 bridgehead atoms. The Bertz CT molecular complexity index is 429. The molecule has 1 aromatic carbocycles. The van der Waals surface area contributed by atoms with Crippen LogP contribution in [0.15, 0.2) is 24.3 Å². The molecule has 20 heavy (non-hydrogen) atoms. The first-order chi connectivity index (χ1) is 9.46. The lowest BCUT2D eigenvalue weighted by Crippen LogP contribution is -2.43. The molecule has 1 unspecified atom stereocenters. The van der Waals surface area contributed by atoms with Crippen molar-refractivity contribution in [1.82, 2.24) is 5.32 Å². The highest BCUT2D eigenvalue weighted by atomic mass is 16.5. The number of hydrogen-bond acceptors (Lipinski definition) is 3. The Morgan fingerprint density at radius 2 is 2.10 bits per heavy atom. The number of rotatable bonds is 5. The molecule has 0 aromatic heterocycles. The van der Waals surface area contributed by atoms with Gasteiger partial charge < -0.3 is 14.8 Å². The summed E-state index contributed by atoms with van der Waals surface area (Å²) in [5.74, 6) is 0.987. The molecule has 1 fully saturated rings. The molecule has 1 aliphatic rings. The smallest absolute Gasteiger partial charge is 0.124 e. The van der Waals surface area contributed by atoms with E-state index in [1.165, 1.54) is 5.56 Å². The molecule has 3 heteroatoms. The average molecular weight is 277 g/mol. The summed E-state index contributed by atoms with van der Waals surface area (Å²) in [6.45, 7) is 10.1. The van der Waals surface area contributed by atoms with E-state index in [2.05, 4.69) is 45.1 Å². The monoisotopic (exact) mass is 277 g/mol. The summed E-state index contributed by atoms with van der Waals surface area (Å²) in [7, 11) is 0. The van der Waals surface area contributed by atoms with E-state index in [-0.39, 0.29) is 11.7 Å². The fourth-order valence-corrected chi connectivity index (χ4v) is 2.68. The quantitative estimate of drug-likeness (QED) is 0.893. The minimum atomic E-state index is -0.0101. The van der Waals surface area contributed by atoms with E-state index in [1.54, 1.807) is 0 Å². The van der Waals surface area contributed by atoms with Crippen LogP contribution in [-0.4, -0.2) is 24.4 Å². The van der Waals surface area contributed by atoms with Crippen LogP contribution in [-0.2, 0) is 11.3 Å². The number of nitrogens with one attached hydrogen (secondary N) is 1. The second kappa shape index (κ2) is 6.59. The molecule has 1 atom stereocenters. The lowest BCUT2D eigenvalue weighted by atomic mass is 9.94. The van der Waals surface area contributed by atoms with E-state index in [0.717, 1.165) is 31.7 Å². The highest BCUT2D eigenvalue weighted by Crippen LogP contribution is 2.25. The van der Waals surface area contributed by atoms with E-state index in [0.29, 0.717) is 6.04 Å². The Labute approximate surface area is 122 Å². The average Bonchev–Trinajstić information content (AvgIpc) is 2.36. The van der Waals surface area contributed by atoms with Crippen molar-refractivity contribution >= 4 is 0 Å². The van der Waals surface area contributed by atoms with Gasteiger partial charge in [-0.25, -0.2) is 0 Å². The van der Waals surface area contributed by atoms with Gasteiger partial charge in [0, 0.05) is 24.8 Å². The first-order valence-corrected chi connectivity index (χ1v) is 7.58.